The number of nitrogens with two attached hydrogens (primary N) is 1. The van der Waals surface area contributed by atoms with Gasteiger partial charge in [0.1, 0.15) is 6.04 Å². The van der Waals surface area contributed by atoms with E-state index >= 15 is 0 Å². The normalized spacial score (nSPS) is 22.0. The highest BCUT2D eigenvalue weighted by Gasteiger charge is 2.32. The van der Waals surface area contributed by atoms with Crippen LogP contribution in [0.4, 0.5) is 0 Å². The van der Waals surface area contributed by atoms with Gasteiger partial charge in [0.2, 0.25) is 0 Å². The van der Waals surface area contributed by atoms with Crippen LogP contribution in [0.3, 0.4) is 0 Å². The van der Waals surface area contributed by atoms with Crippen LogP contribution in [0.1, 0.15) is 37.3 Å². The maximum Gasteiger partial charge on any atom is 0.255 e. The molecule has 1 heterocycles. The van der Waals surface area contributed by atoms with Crippen LogP contribution in [-0.2, 0) is 4.79 Å². The third-order valence-electron chi connectivity index (χ3n) is 3.97. The quantitative estimate of drug-likeness (QED) is 0.435. The van der Waals surface area contributed by atoms with E-state index in [0.29, 0.717) is 0 Å². The lowest BCUT2D eigenvalue weighted by Gasteiger charge is -2.35. The Hall–Kier alpha value is -1.43. The molecule has 1 fully saturated rings. The zero-order valence-corrected chi connectivity index (χ0v) is 11.7. The van der Waals surface area contributed by atoms with Gasteiger partial charge in [0.25, 0.3) is 5.91 Å². The Balaban J connectivity index is 2.31. The van der Waals surface area contributed by atoms with Crippen molar-refractivity contribution < 1.29 is 9.90 Å². The number of nitrogens with one attached hydrogen (secondary N) is 1. The number of carbonyl (C=O) groups excluding carboxylic acids is 1. The van der Waals surface area contributed by atoms with E-state index in [9.17, 15) is 9.90 Å². The fraction of sp³-hybridized carbons (Fsp3) is 0.533. The van der Waals surface area contributed by atoms with Crippen LogP contribution >= 0.6 is 0 Å². The summed E-state index contributed by atoms with van der Waals surface area (Å²) >= 11 is 0. The second kappa shape index (κ2) is 7.38. The van der Waals surface area contributed by atoms with Gasteiger partial charge in [-0.25, -0.2) is 5.84 Å². The lowest BCUT2D eigenvalue weighted by molar-refractivity contribution is -0.128. The summed E-state index contributed by atoms with van der Waals surface area (Å²) in [7, 11) is 0. The minimum Gasteiger partial charge on any atom is -0.395 e. The van der Waals surface area contributed by atoms with Gasteiger partial charge in [0.15, 0.2) is 0 Å². The average molecular weight is 277 g/mol. The monoisotopic (exact) mass is 277 g/mol. The lowest BCUT2D eigenvalue weighted by atomic mass is 10.0. The Kier molecular flexibility index (Phi) is 5.52. The van der Waals surface area contributed by atoms with Crippen molar-refractivity contribution in [3.8, 4) is 0 Å². The van der Waals surface area contributed by atoms with Crippen molar-refractivity contribution in [1.29, 1.82) is 0 Å². The standard InChI is InChI=1S/C15H23N3O2/c16-17-15(20)14(12-7-3-1-4-8-12)18-10-6-2-5-9-13(18)11-19/h1,3-4,7-8,13-14,19H,2,5-6,9-11,16H2,(H,17,20). The Morgan fingerprint density at radius 1 is 1.35 bits per heavy atom. The molecule has 1 aliphatic heterocycles. The Morgan fingerprint density at radius 3 is 2.75 bits per heavy atom. The topological polar surface area (TPSA) is 78.6 Å². The number of amides is 1. The highest BCUT2D eigenvalue weighted by atomic mass is 16.3. The number of benzene rings is 1. The molecule has 2 unspecified atom stereocenters. The van der Waals surface area contributed by atoms with Gasteiger partial charge in [-0.05, 0) is 24.9 Å². The number of hydrogen-bond acceptors (Lipinski definition) is 4. The number of hydrogen-bond donors (Lipinski definition) is 3. The molecule has 1 aromatic carbocycles. The summed E-state index contributed by atoms with van der Waals surface area (Å²) in [6.45, 7) is 0.874. The van der Waals surface area contributed by atoms with Gasteiger partial charge < -0.3 is 5.11 Å². The first-order chi connectivity index (χ1) is 9.77. The highest BCUT2D eigenvalue weighted by molar-refractivity contribution is 5.82. The second-order valence-corrected chi connectivity index (χ2v) is 5.25. The van der Waals surface area contributed by atoms with Crippen LogP contribution in [-0.4, -0.2) is 35.1 Å². The molecular weight excluding hydrogens is 254 g/mol. The summed E-state index contributed by atoms with van der Waals surface area (Å²) in [6.07, 6.45) is 4.18. The highest BCUT2D eigenvalue weighted by Crippen LogP contribution is 2.28. The predicted molar refractivity (Wildman–Crippen MR) is 77.6 cm³/mol. The summed E-state index contributed by atoms with van der Waals surface area (Å²) < 4.78 is 0. The van der Waals surface area contributed by atoms with E-state index in [0.717, 1.165) is 37.8 Å². The van der Waals surface area contributed by atoms with Gasteiger partial charge >= 0.3 is 0 Å². The molecular formula is C15H23N3O2. The van der Waals surface area contributed by atoms with Gasteiger partial charge in [0, 0.05) is 6.04 Å². The van der Waals surface area contributed by atoms with Crippen LogP contribution in [0.25, 0.3) is 0 Å². The van der Waals surface area contributed by atoms with Crippen LogP contribution < -0.4 is 11.3 Å². The zero-order chi connectivity index (χ0) is 14.4. The molecule has 0 bridgehead atoms. The minimum absolute atomic E-state index is 0.0139. The fourth-order valence-electron chi connectivity index (χ4n) is 2.94. The molecule has 0 aliphatic carbocycles. The molecule has 5 heteroatoms. The molecule has 1 amide bonds. The molecule has 20 heavy (non-hydrogen) atoms. The number of aliphatic hydroxyl groups excluding tert-OH is 1. The van der Waals surface area contributed by atoms with Crippen molar-refractivity contribution in [1.82, 2.24) is 10.3 Å². The van der Waals surface area contributed by atoms with E-state index < -0.39 is 6.04 Å². The van der Waals surface area contributed by atoms with E-state index in [2.05, 4.69) is 10.3 Å². The van der Waals surface area contributed by atoms with Crippen molar-refractivity contribution >= 4 is 5.91 Å². The van der Waals surface area contributed by atoms with Crippen LogP contribution in [0.2, 0.25) is 0 Å². The van der Waals surface area contributed by atoms with E-state index in [1.807, 2.05) is 30.3 Å². The lowest BCUT2D eigenvalue weighted by Crippen LogP contribution is -2.48. The van der Waals surface area contributed by atoms with Crippen molar-refractivity contribution in [2.75, 3.05) is 13.2 Å². The number of nitrogens with zero attached hydrogens (tertiary/aromatic N) is 1. The number of hydrazine groups is 1. The second-order valence-electron chi connectivity index (χ2n) is 5.25. The molecule has 0 spiro atoms. The number of aliphatic hydroxyl groups is 1. The van der Waals surface area contributed by atoms with Gasteiger partial charge in [-0.1, -0.05) is 43.2 Å². The van der Waals surface area contributed by atoms with Crippen LogP contribution in [0, 0.1) is 0 Å². The Bertz CT molecular complexity index is 424. The Labute approximate surface area is 119 Å². The summed E-state index contributed by atoms with van der Waals surface area (Å²) in [6, 6.07) is 9.19. The number of carbonyl (C=O) groups is 1. The number of likely N-dealkylation sites (tertiary alicyclic amines) is 1. The molecule has 4 N–H and O–H groups in total. The van der Waals surface area contributed by atoms with Crippen LogP contribution in [0.15, 0.2) is 30.3 Å². The zero-order valence-electron chi connectivity index (χ0n) is 11.7. The van der Waals surface area contributed by atoms with Crippen molar-refractivity contribution in [3.63, 3.8) is 0 Å². The summed E-state index contributed by atoms with van der Waals surface area (Å²) in [4.78, 5) is 14.3. The first-order valence-corrected chi connectivity index (χ1v) is 7.20. The van der Waals surface area contributed by atoms with Gasteiger partial charge in [-0.2, -0.15) is 0 Å². The maximum absolute atomic E-state index is 12.2. The maximum atomic E-state index is 12.2. The minimum atomic E-state index is -0.434. The van der Waals surface area contributed by atoms with E-state index in [1.165, 1.54) is 0 Å². The largest absolute Gasteiger partial charge is 0.395 e. The molecule has 1 saturated heterocycles. The van der Waals surface area contributed by atoms with Crippen LogP contribution in [0.5, 0.6) is 0 Å². The molecule has 110 valence electrons. The molecule has 0 aromatic heterocycles. The third-order valence-corrected chi connectivity index (χ3v) is 3.97. The first-order valence-electron chi connectivity index (χ1n) is 7.20. The SMILES string of the molecule is NNC(=O)C(c1ccccc1)N1CCCCCC1CO. The van der Waals surface area contributed by atoms with Gasteiger partial charge in [-0.3, -0.25) is 15.1 Å². The summed E-state index contributed by atoms with van der Waals surface area (Å²) in [5, 5.41) is 9.63. The Morgan fingerprint density at radius 2 is 2.10 bits per heavy atom. The van der Waals surface area contributed by atoms with Crippen molar-refractivity contribution in [2.24, 2.45) is 5.84 Å². The molecule has 0 saturated carbocycles. The number of rotatable bonds is 4. The first kappa shape index (κ1) is 15.0. The molecule has 0 radical (unpaired) electrons. The molecule has 2 atom stereocenters. The molecule has 2 rings (SSSR count). The van der Waals surface area contributed by atoms with E-state index in [1.54, 1.807) is 0 Å². The van der Waals surface area contributed by atoms with Crippen molar-refractivity contribution in [3.05, 3.63) is 35.9 Å². The van der Waals surface area contributed by atoms with Crippen molar-refractivity contribution in [2.45, 2.75) is 37.8 Å². The fourth-order valence-corrected chi connectivity index (χ4v) is 2.94. The molecule has 1 aliphatic rings. The van der Waals surface area contributed by atoms with Gasteiger partial charge in [-0.15, -0.1) is 0 Å². The summed E-state index contributed by atoms with van der Waals surface area (Å²) in [5.74, 6) is 5.13. The van der Waals surface area contributed by atoms with E-state index in [4.69, 9.17) is 5.84 Å². The summed E-state index contributed by atoms with van der Waals surface area (Å²) in [5.41, 5.74) is 3.18. The van der Waals surface area contributed by atoms with E-state index in [-0.39, 0.29) is 18.6 Å². The predicted octanol–water partition coefficient (Wildman–Crippen LogP) is 0.954. The molecule has 1 aromatic rings. The third kappa shape index (κ3) is 3.36. The molecule has 5 nitrogen and oxygen atoms in total. The smallest absolute Gasteiger partial charge is 0.255 e. The van der Waals surface area contributed by atoms with Gasteiger partial charge in [0.05, 0.1) is 6.61 Å². The average Bonchev–Trinajstić information content (AvgIpc) is 2.74.